The molecule has 3 aromatic carbocycles. The van der Waals surface area contributed by atoms with Crippen LogP contribution in [0.15, 0.2) is 85.1 Å². The van der Waals surface area contributed by atoms with Crippen LogP contribution in [0.2, 0.25) is 0 Å². The number of pyridine rings is 1. The molecular formula is C28H26N2O. The molecule has 1 aliphatic rings. The summed E-state index contributed by atoms with van der Waals surface area (Å²) >= 11 is 0. The topological polar surface area (TPSA) is 42.0 Å². The highest BCUT2D eigenvalue weighted by atomic mass is 16.2. The molecule has 1 N–H and O–H groups in total. The number of hydrogen-bond donors (Lipinski definition) is 1. The van der Waals surface area contributed by atoms with Crippen LogP contribution in [-0.4, -0.2) is 10.9 Å². The number of hydrogen-bond acceptors (Lipinski definition) is 2. The van der Waals surface area contributed by atoms with Crippen molar-refractivity contribution < 1.29 is 4.79 Å². The Labute approximate surface area is 183 Å². The maximum absolute atomic E-state index is 13.6. The van der Waals surface area contributed by atoms with Crippen LogP contribution in [0.4, 0.5) is 5.69 Å². The fourth-order valence-corrected chi connectivity index (χ4v) is 4.75. The lowest BCUT2D eigenvalue weighted by Gasteiger charge is -2.44. The first-order valence-electron chi connectivity index (χ1n) is 10.9. The molecule has 0 radical (unpaired) electrons. The van der Waals surface area contributed by atoms with Crippen molar-refractivity contribution in [1.29, 1.82) is 0 Å². The normalized spacial score (nSPS) is 20.3. The van der Waals surface area contributed by atoms with Crippen molar-refractivity contribution in [2.45, 2.75) is 32.1 Å². The lowest BCUT2D eigenvalue weighted by atomic mass is 9.59. The van der Waals surface area contributed by atoms with E-state index in [1.807, 2.05) is 30.3 Å². The van der Waals surface area contributed by atoms with Gasteiger partial charge in [0, 0.05) is 11.6 Å². The predicted molar refractivity (Wildman–Crippen MR) is 126 cm³/mol. The molecule has 4 aromatic rings. The van der Waals surface area contributed by atoms with Gasteiger partial charge in [0.05, 0.1) is 17.1 Å². The summed E-state index contributed by atoms with van der Waals surface area (Å²) in [5.41, 5.74) is 6.56. The maximum atomic E-state index is 13.6. The van der Waals surface area contributed by atoms with Gasteiger partial charge in [0.1, 0.15) is 0 Å². The molecule has 5 rings (SSSR count). The summed E-state index contributed by atoms with van der Waals surface area (Å²) in [5.74, 6) is 0.398. The van der Waals surface area contributed by atoms with E-state index >= 15 is 0 Å². The molecule has 154 valence electrons. The van der Waals surface area contributed by atoms with Gasteiger partial charge >= 0.3 is 0 Å². The lowest BCUT2D eigenvalue weighted by Crippen LogP contribution is -2.42. The summed E-state index contributed by atoms with van der Waals surface area (Å²) in [7, 11) is 0. The molecule has 1 amide bonds. The molecule has 3 heteroatoms. The summed E-state index contributed by atoms with van der Waals surface area (Å²) < 4.78 is 0. The highest BCUT2D eigenvalue weighted by Gasteiger charge is 2.47. The standard InChI is InChI=1S/C28H26N2O/c1-18-8-12-20(13-9-18)23-17-24(21-14-10-19(2)11-15-21)26(23)28(31)30-25-7-3-5-22-6-4-16-29-27(22)25/h3-16,23-24,26H,17H2,1-2H3,(H,30,31). The first-order chi connectivity index (χ1) is 15.1. The second kappa shape index (κ2) is 7.99. The number of nitrogens with one attached hydrogen (secondary N) is 1. The van der Waals surface area contributed by atoms with Gasteiger partial charge in [-0.15, -0.1) is 0 Å². The molecule has 0 saturated heterocycles. The van der Waals surface area contributed by atoms with Gasteiger partial charge in [0.2, 0.25) is 5.91 Å². The summed E-state index contributed by atoms with van der Waals surface area (Å²) in [6.07, 6.45) is 2.75. The van der Waals surface area contributed by atoms with Gasteiger partial charge in [-0.1, -0.05) is 77.9 Å². The molecule has 0 aliphatic heterocycles. The average molecular weight is 407 g/mol. The zero-order valence-corrected chi connectivity index (χ0v) is 17.9. The quantitative estimate of drug-likeness (QED) is 0.427. The Morgan fingerprint density at radius 1 is 0.806 bits per heavy atom. The van der Waals surface area contributed by atoms with Gasteiger partial charge < -0.3 is 5.32 Å². The minimum Gasteiger partial charge on any atom is -0.324 e. The van der Waals surface area contributed by atoms with E-state index in [0.717, 1.165) is 23.0 Å². The largest absolute Gasteiger partial charge is 0.324 e. The Hall–Kier alpha value is -3.46. The third-order valence-electron chi connectivity index (χ3n) is 6.58. The Kier molecular flexibility index (Phi) is 5.03. The fourth-order valence-electron chi connectivity index (χ4n) is 4.75. The van der Waals surface area contributed by atoms with Crippen molar-refractivity contribution in [3.8, 4) is 0 Å². The average Bonchev–Trinajstić information content (AvgIpc) is 2.76. The highest BCUT2D eigenvalue weighted by molar-refractivity contribution is 6.02. The van der Waals surface area contributed by atoms with Gasteiger partial charge in [-0.25, -0.2) is 0 Å². The number of anilines is 1. The fraction of sp³-hybridized carbons (Fsp3) is 0.214. The molecule has 1 saturated carbocycles. The van der Waals surface area contributed by atoms with Gasteiger partial charge in [-0.2, -0.15) is 0 Å². The van der Waals surface area contributed by atoms with Crippen LogP contribution in [0, 0.1) is 19.8 Å². The zero-order chi connectivity index (χ0) is 21.4. The smallest absolute Gasteiger partial charge is 0.228 e. The van der Waals surface area contributed by atoms with Crippen LogP contribution in [0.25, 0.3) is 10.9 Å². The summed E-state index contributed by atoms with van der Waals surface area (Å²) in [4.78, 5) is 18.1. The number of aromatic nitrogens is 1. The zero-order valence-electron chi connectivity index (χ0n) is 17.9. The summed E-state index contributed by atoms with van der Waals surface area (Å²) in [6.45, 7) is 4.19. The number of amides is 1. The molecule has 1 heterocycles. The Balaban J connectivity index is 1.48. The molecule has 0 spiro atoms. The van der Waals surface area contributed by atoms with Crippen molar-refractivity contribution in [2.24, 2.45) is 5.92 Å². The van der Waals surface area contributed by atoms with Crippen LogP contribution in [0.1, 0.15) is 40.5 Å². The van der Waals surface area contributed by atoms with E-state index < -0.39 is 0 Å². The highest BCUT2D eigenvalue weighted by Crippen LogP contribution is 2.53. The van der Waals surface area contributed by atoms with E-state index in [1.54, 1.807) is 6.20 Å². The number of carbonyl (C=O) groups is 1. The SMILES string of the molecule is Cc1ccc(C2CC(c3ccc(C)cc3)C2C(=O)Nc2cccc3cccnc23)cc1. The third kappa shape index (κ3) is 3.72. The number of nitrogens with zero attached hydrogens (tertiary/aromatic N) is 1. The molecule has 1 aliphatic carbocycles. The van der Waals surface area contributed by atoms with Gasteiger partial charge in [0.15, 0.2) is 0 Å². The number of carbonyl (C=O) groups excluding carboxylic acids is 1. The van der Waals surface area contributed by atoms with E-state index in [9.17, 15) is 4.79 Å². The van der Waals surface area contributed by atoms with Crippen LogP contribution >= 0.6 is 0 Å². The Bertz CT molecular complexity index is 1170. The molecule has 2 unspecified atom stereocenters. The summed E-state index contributed by atoms with van der Waals surface area (Å²) in [6, 6.07) is 27.1. The number of para-hydroxylation sites is 1. The molecule has 2 atom stereocenters. The number of aryl methyl sites for hydroxylation is 2. The van der Waals surface area contributed by atoms with E-state index in [-0.39, 0.29) is 23.7 Å². The number of benzene rings is 3. The number of rotatable bonds is 4. The van der Waals surface area contributed by atoms with Gasteiger partial charge in [-0.05, 0) is 55.4 Å². The van der Waals surface area contributed by atoms with Crippen molar-refractivity contribution in [2.75, 3.05) is 5.32 Å². The van der Waals surface area contributed by atoms with Crippen LogP contribution in [0.3, 0.4) is 0 Å². The van der Waals surface area contributed by atoms with E-state index in [4.69, 9.17) is 0 Å². The Morgan fingerprint density at radius 2 is 1.39 bits per heavy atom. The van der Waals surface area contributed by atoms with E-state index in [2.05, 4.69) is 72.7 Å². The Morgan fingerprint density at radius 3 is 2.00 bits per heavy atom. The second-order valence-corrected chi connectivity index (χ2v) is 8.67. The van der Waals surface area contributed by atoms with Crippen molar-refractivity contribution in [1.82, 2.24) is 4.98 Å². The van der Waals surface area contributed by atoms with E-state index in [1.165, 1.54) is 22.3 Å². The molecule has 1 aromatic heterocycles. The first-order valence-corrected chi connectivity index (χ1v) is 10.9. The lowest BCUT2D eigenvalue weighted by molar-refractivity contribution is -0.124. The summed E-state index contributed by atoms with van der Waals surface area (Å²) in [5, 5.41) is 4.23. The minimum absolute atomic E-state index is 0.0700. The van der Waals surface area contributed by atoms with Crippen molar-refractivity contribution in [3.63, 3.8) is 0 Å². The molecular weight excluding hydrogens is 380 g/mol. The van der Waals surface area contributed by atoms with Crippen LogP contribution in [-0.2, 0) is 4.79 Å². The monoisotopic (exact) mass is 406 g/mol. The van der Waals surface area contributed by atoms with Crippen molar-refractivity contribution in [3.05, 3.63) is 107 Å². The molecule has 1 fully saturated rings. The molecule has 0 bridgehead atoms. The predicted octanol–water partition coefficient (Wildman–Crippen LogP) is 6.38. The van der Waals surface area contributed by atoms with Gasteiger partial charge in [0.25, 0.3) is 0 Å². The second-order valence-electron chi connectivity index (χ2n) is 8.67. The first kappa shape index (κ1) is 19.5. The molecule has 31 heavy (non-hydrogen) atoms. The van der Waals surface area contributed by atoms with Crippen molar-refractivity contribution >= 4 is 22.5 Å². The van der Waals surface area contributed by atoms with Crippen LogP contribution in [0.5, 0.6) is 0 Å². The van der Waals surface area contributed by atoms with Gasteiger partial charge in [-0.3, -0.25) is 9.78 Å². The maximum Gasteiger partial charge on any atom is 0.228 e. The molecule has 3 nitrogen and oxygen atoms in total. The third-order valence-corrected chi connectivity index (χ3v) is 6.58. The van der Waals surface area contributed by atoms with Crippen LogP contribution < -0.4 is 5.32 Å². The number of fused-ring (bicyclic) bond motifs is 1. The van der Waals surface area contributed by atoms with E-state index in [0.29, 0.717) is 0 Å². The minimum atomic E-state index is -0.107.